The molecular formula is C23H30FNO3. The third-order valence-corrected chi connectivity index (χ3v) is 6.87. The van der Waals surface area contributed by atoms with Crippen LogP contribution in [0.25, 0.3) is 0 Å². The highest BCUT2D eigenvalue weighted by Crippen LogP contribution is 2.57. The number of carbonyl (C=O) groups is 1. The fourth-order valence-electron chi connectivity index (χ4n) is 5.20. The van der Waals surface area contributed by atoms with Gasteiger partial charge in [0.05, 0.1) is 11.1 Å². The number of fused-ring (bicyclic) bond motifs is 3. The van der Waals surface area contributed by atoms with Crippen molar-refractivity contribution in [1.82, 2.24) is 0 Å². The Hall–Kier alpha value is -2.17. The van der Waals surface area contributed by atoms with Crippen molar-refractivity contribution in [2.75, 3.05) is 6.61 Å². The standard InChI is InChI=1S/C23H30FNO3/c1-6-10-28-25-19-13-20-22(4,8-7-9-23(20,5)21(26)27)17-12-18(24)15(14(2)3)11-16(17)19/h6,11-12,14,20H,1,7-10,13H2,2-5H3,(H,26,27)/b25-19+/t20?,22-,23-/m1/s1. The van der Waals surface area contributed by atoms with Gasteiger partial charge in [0.1, 0.15) is 12.4 Å². The molecule has 4 nitrogen and oxygen atoms in total. The summed E-state index contributed by atoms with van der Waals surface area (Å²) in [6.45, 7) is 11.8. The predicted molar refractivity (Wildman–Crippen MR) is 108 cm³/mol. The number of rotatable bonds is 5. The maximum atomic E-state index is 14.9. The normalized spacial score (nSPS) is 30.6. The molecular weight excluding hydrogens is 357 g/mol. The molecule has 0 bridgehead atoms. The largest absolute Gasteiger partial charge is 0.481 e. The van der Waals surface area contributed by atoms with Crippen molar-refractivity contribution in [1.29, 1.82) is 0 Å². The third kappa shape index (κ3) is 3.15. The Morgan fingerprint density at radius 1 is 1.43 bits per heavy atom. The van der Waals surface area contributed by atoms with Crippen LogP contribution in [-0.2, 0) is 15.0 Å². The summed E-state index contributed by atoms with van der Waals surface area (Å²) < 4.78 is 14.9. The quantitative estimate of drug-likeness (QED) is 0.418. The number of hydrogen-bond donors (Lipinski definition) is 1. The van der Waals surface area contributed by atoms with Crippen LogP contribution in [0.3, 0.4) is 0 Å². The first-order valence-corrected chi connectivity index (χ1v) is 10.0. The lowest BCUT2D eigenvalue weighted by molar-refractivity contribution is -0.156. The van der Waals surface area contributed by atoms with Crippen molar-refractivity contribution in [3.63, 3.8) is 0 Å². The van der Waals surface area contributed by atoms with Crippen LogP contribution in [0.5, 0.6) is 0 Å². The lowest BCUT2D eigenvalue weighted by atomic mass is 9.49. The number of carboxylic acid groups (broad SMARTS) is 1. The SMILES string of the molecule is C=CCO/N=C1\CC2[C@](C)(C(=O)O)CCC[C@]2(C)c2cc(F)c(C(C)C)cc21. The van der Waals surface area contributed by atoms with Crippen LogP contribution in [0.4, 0.5) is 4.39 Å². The number of hydrogen-bond acceptors (Lipinski definition) is 3. The molecule has 0 heterocycles. The Morgan fingerprint density at radius 2 is 2.14 bits per heavy atom. The summed E-state index contributed by atoms with van der Waals surface area (Å²) in [6, 6.07) is 3.51. The number of oxime groups is 1. The summed E-state index contributed by atoms with van der Waals surface area (Å²) in [7, 11) is 0. The van der Waals surface area contributed by atoms with Crippen LogP contribution in [0.15, 0.2) is 29.9 Å². The molecule has 28 heavy (non-hydrogen) atoms. The molecule has 2 aliphatic rings. The van der Waals surface area contributed by atoms with Crippen molar-refractivity contribution in [2.45, 2.75) is 64.7 Å². The summed E-state index contributed by atoms with van der Waals surface area (Å²) in [5, 5.41) is 14.3. The smallest absolute Gasteiger partial charge is 0.309 e. The first-order chi connectivity index (χ1) is 13.1. The molecule has 0 spiro atoms. The molecule has 152 valence electrons. The van der Waals surface area contributed by atoms with Gasteiger partial charge < -0.3 is 9.94 Å². The fraction of sp³-hybridized carbons (Fsp3) is 0.565. The van der Waals surface area contributed by atoms with E-state index in [9.17, 15) is 14.3 Å². The molecule has 1 aromatic rings. The van der Waals surface area contributed by atoms with Crippen LogP contribution >= 0.6 is 0 Å². The highest BCUT2D eigenvalue weighted by atomic mass is 19.1. The van der Waals surface area contributed by atoms with Crippen LogP contribution in [0.2, 0.25) is 0 Å². The van der Waals surface area contributed by atoms with E-state index in [1.165, 1.54) is 0 Å². The van der Waals surface area contributed by atoms with E-state index in [-0.39, 0.29) is 24.3 Å². The second-order valence-electron chi connectivity index (χ2n) is 8.95. The molecule has 0 saturated heterocycles. The molecule has 1 saturated carbocycles. The molecule has 1 fully saturated rings. The fourth-order valence-corrected chi connectivity index (χ4v) is 5.20. The van der Waals surface area contributed by atoms with Gasteiger partial charge in [0, 0.05) is 5.56 Å². The van der Waals surface area contributed by atoms with Gasteiger partial charge in [0.25, 0.3) is 0 Å². The maximum absolute atomic E-state index is 14.9. The molecule has 1 N–H and O–H groups in total. The van der Waals surface area contributed by atoms with Crippen LogP contribution in [-0.4, -0.2) is 23.4 Å². The Bertz CT molecular complexity index is 831. The molecule has 0 radical (unpaired) electrons. The van der Waals surface area contributed by atoms with Gasteiger partial charge >= 0.3 is 5.97 Å². The van der Waals surface area contributed by atoms with Gasteiger partial charge in [0.2, 0.25) is 0 Å². The van der Waals surface area contributed by atoms with Crippen molar-refractivity contribution >= 4 is 11.7 Å². The van der Waals surface area contributed by atoms with Crippen LogP contribution in [0.1, 0.15) is 76.0 Å². The van der Waals surface area contributed by atoms with Gasteiger partial charge in [-0.3, -0.25) is 4.79 Å². The zero-order valence-electron chi connectivity index (χ0n) is 17.2. The van der Waals surface area contributed by atoms with E-state index in [0.29, 0.717) is 24.1 Å². The van der Waals surface area contributed by atoms with Crippen LogP contribution < -0.4 is 0 Å². The molecule has 5 heteroatoms. The minimum absolute atomic E-state index is 0.0433. The van der Waals surface area contributed by atoms with E-state index < -0.39 is 16.8 Å². The van der Waals surface area contributed by atoms with E-state index in [4.69, 9.17) is 4.84 Å². The number of nitrogens with zero attached hydrogens (tertiary/aromatic N) is 1. The summed E-state index contributed by atoms with van der Waals surface area (Å²) in [5.74, 6) is -1.15. The topological polar surface area (TPSA) is 58.9 Å². The van der Waals surface area contributed by atoms with Crippen molar-refractivity contribution in [2.24, 2.45) is 16.5 Å². The third-order valence-electron chi connectivity index (χ3n) is 6.87. The zero-order valence-corrected chi connectivity index (χ0v) is 17.2. The molecule has 1 unspecified atom stereocenters. The van der Waals surface area contributed by atoms with Gasteiger partial charge in [-0.1, -0.05) is 45.0 Å². The van der Waals surface area contributed by atoms with Crippen LogP contribution in [0, 0.1) is 17.2 Å². The number of benzene rings is 1. The van der Waals surface area contributed by atoms with Crippen molar-refractivity contribution < 1.29 is 19.1 Å². The average molecular weight is 387 g/mol. The maximum Gasteiger partial charge on any atom is 0.309 e. The highest BCUT2D eigenvalue weighted by Gasteiger charge is 2.56. The number of carboxylic acids is 1. The summed E-state index contributed by atoms with van der Waals surface area (Å²) in [4.78, 5) is 17.6. The second-order valence-corrected chi connectivity index (χ2v) is 8.95. The Labute approximate surface area is 166 Å². The minimum Gasteiger partial charge on any atom is -0.481 e. The van der Waals surface area contributed by atoms with Gasteiger partial charge in [-0.2, -0.15) is 0 Å². The molecule has 0 aromatic heterocycles. The Kier molecular flexibility index (Phi) is 5.39. The van der Waals surface area contributed by atoms with Gasteiger partial charge in [0.15, 0.2) is 0 Å². The second kappa shape index (κ2) is 7.34. The lowest BCUT2D eigenvalue weighted by Gasteiger charge is -2.53. The van der Waals surface area contributed by atoms with E-state index in [1.54, 1.807) is 12.1 Å². The molecule has 2 aliphatic carbocycles. The first kappa shape index (κ1) is 20.6. The van der Waals surface area contributed by atoms with Gasteiger partial charge in [-0.25, -0.2) is 4.39 Å². The van der Waals surface area contributed by atoms with E-state index in [1.807, 2.05) is 26.8 Å². The molecule has 1 aromatic carbocycles. The summed E-state index contributed by atoms with van der Waals surface area (Å²) in [5.41, 5.74) is 1.82. The molecule has 0 amide bonds. The number of aliphatic carboxylic acids is 1. The minimum atomic E-state index is -0.878. The molecule has 3 atom stereocenters. The van der Waals surface area contributed by atoms with Gasteiger partial charge in [-0.05, 0) is 66.7 Å². The first-order valence-electron chi connectivity index (χ1n) is 10.0. The van der Waals surface area contributed by atoms with Crippen molar-refractivity contribution in [3.05, 3.63) is 47.3 Å². The monoisotopic (exact) mass is 387 g/mol. The van der Waals surface area contributed by atoms with E-state index in [2.05, 4.69) is 18.7 Å². The Balaban J connectivity index is 2.22. The van der Waals surface area contributed by atoms with E-state index in [0.717, 1.165) is 24.0 Å². The van der Waals surface area contributed by atoms with Crippen molar-refractivity contribution in [3.8, 4) is 0 Å². The lowest BCUT2D eigenvalue weighted by Crippen LogP contribution is -2.53. The average Bonchev–Trinajstić information content (AvgIpc) is 2.62. The summed E-state index contributed by atoms with van der Waals surface area (Å²) >= 11 is 0. The summed E-state index contributed by atoms with van der Waals surface area (Å²) in [6.07, 6.45) is 4.39. The molecule has 0 aliphatic heterocycles. The number of halogens is 1. The highest BCUT2D eigenvalue weighted by molar-refractivity contribution is 6.04. The predicted octanol–water partition coefficient (Wildman–Crippen LogP) is 5.41. The molecule has 3 rings (SSSR count). The zero-order chi connectivity index (χ0) is 20.7. The van der Waals surface area contributed by atoms with Gasteiger partial charge in [-0.15, -0.1) is 0 Å². The Morgan fingerprint density at radius 3 is 2.75 bits per heavy atom. The van der Waals surface area contributed by atoms with E-state index >= 15 is 0 Å².